The van der Waals surface area contributed by atoms with Crippen LogP contribution in [0.15, 0.2) is 85.1 Å². The molecule has 156 valence electrons. The second-order valence-electron chi connectivity index (χ2n) is 7.22. The molecule has 5 nitrogen and oxygen atoms in total. The Bertz CT molecular complexity index is 1170. The third kappa shape index (κ3) is 5.17. The molecular formula is C25H22FN3O2. The first-order valence-electron chi connectivity index (χ1n) is 9.94. The molecule has 6 heteroatoms. The van der Waals surface area contributed by atoms with Crippen molar-refractivity contribution in [2.75, 3.05) is 5.32 Å². The van der Waals surface area contributed by atoms with Crippen LogP contribution in [0.4, 0.5) is 10.1 Å². The van der Waals surface area contributed by atoms with Crippen LogP contribution in [-0.2, 0) is 13.2 Å². The van der Waals surface area contributed by atoms with Crippen molar-refractivity contribution in [2.45, 2.75) is 20.1 Å². The number of amides is 1. The molecule has 3 aromatic carbocycles. The molecule has 0 unspecified atom stereocenters. The largest absolute Gasteiger partial charge is 0.471 e. The van der Waals surface area contributed by atoms with Gasteiger partial charge in [0.05, 0.1) is 6.54 Å². The molecule has 0 saturated heterocycles. The Morgan fingerprint density at radius 1 is 1.00 bits per heavy atom. The van der Waals surface area contributed by atoms with E-state index in [1.165, 1.54) is 6.07 Å². The molecule has 1 aromatic heterocycles. The fourth-order valence-electron chi connectivity index (χ4n) is 3.11. The number of carbonyl (C=O) groups excluding carboxylic acids is 1. The van der Waals surface area contributed by atoms with E-state index >= 15 is 0 Å². The molecule has 1 N–H and O–H groups in total. The zero-order chi connectivity index (χ0) is 21.6. The highest BCUT2D eigenvalue weighted by Gasteiger charge is 2.19. The number of aryl methyl sites for hydroxylation is 1. The normalized spacial score (nSPS) is 10.6. The van der Waals surface area contributed by atoms with Gasteiger partial charge in [-0.15, -0.1) is 5.10 Å². The van der Waals surface area contributed by atoms with Gasteiger partial charge in [-0.2, -0.15) is 0 Å². The molecule has 0 radical (unpaired) electrons. The first-order chi connectivity index (χ1) is 15.1. The Morgan fingerprint density at radius 3 is 2.35 bits per heavy atom. The maximum absolute atomic E-state index is 13.9. The zero-order valence-electron chi connectivity index (χ0n) is 17.1. The SMILES string of the molecule is Cc1ccc(NC(=O)c2cn(Cc3ccccc3)nc2OCc2ccccc2)cc1F. The van der Waals surface area contributed by atoms with Crippen molar-refractivity contribution >= 4 is 11.6 Å². The summed E-state index contributed by atoms with van der Waals surface area (Å²) in [6.07, 6.45) is 1.65. The number of halogens is 1. The molecular weight excluding hydrogens is 393 g/mol. The van der Waals surface area contributed by atoms with Crippen molar-refractivity contribution in [1.82, 2.24) is 9.78 Å². The van der Waals surface area contributed by atoms with Gasteiger partial charge in [0.1, 0.15) is 18.0 Å². The van der Waals surface area contributed by atoms with E-state index in [-0.39, 0.29) is 23.9 Å². The predicted octanol–water partition coefficient (Wildman–Crippen LogP) is 5.21. The molecule has 1 heterocycles. The summed E-state index contributed by atoms with van der Waals surface area (Å²) in [7, 11) is 0. The second kappa shape index (κ2) is 9.26. The van der Waals surface area contributed by atoms with Crippen LogP contribution in [0.3, 0.4) is 0 Å². The summed E-state index contributed by atoms with van der Waals surface area (Å²) in [6, 6.07) is 24.1. The number of hydrogen-bond acceptors (Lipinski definition) is 3. The number of nitrogens with zero attached hydrogens (tertiary/aromatic N) is 2. The van der Waals surface area contributed by atoms with E-state index in [0.29, 0.717) is 17.8 Å². The van der Waals surface area contributed by atoms with Gasteiger partial charge in [-0.3, -0.25) is 9.48 Å². The molecule has 0 saturated carbocycles. The number of carbonyl (C=O) groups is 1. The summed E-state index contributed by atoms with van der Waals surface area (Å²) in [6.45, 7) is 2.45. The van der Waals surface area contributed by atoms with Crippen molar-refractivity contribution in [3.63, 3.8) is 0 Å². The molecule has 0 bridgehead atoms. The zero-order valence-corrected chi connectivity index (χ0v) is 17.1. The average molecular weight is 415 g/mol. The van der Waals surface area contributed by atoms with Crippen molar-refractivity contribution in [3.05, 3.63) is 113 Å². The molecule has 0 aliphatic rings. The van der Waals surface area contributed by atoms with E-state index in [1.54, 1.807) is 29.9 Å². The van der Waals surface area contributed by atoms with Gasteiger partial charge in [0.2, 0.25) is 5.88 Å². The Morgan fingerprint density at radius 2 is 1.68 bits per heavy atom. The van der Waals surface area contributed by atoms with Crippen molar-refractivity contribution < 1.29 is 13.9 Å². The molecule has 0 aliphatic carbocycles. The highest BCUT2D eigenvalue weighted by Crippen LogP contribution is 2.21. The average Bonchev–Trinajstić information content (AvgIpc) is 3.19. The second-order valence-corrected chi connectivity index (χ2v) is 7.22. The lowest BCUT2D eigenvalue weighted by molar-refractivity contribution is 0.102. The van der Waals surface area contributed by atoms with Crippen molar-refractivity contribution in [2.24, 2.45) is 0 Å². The third-order valence-corrected chi connectivity index (χ3v) is 4.81. The van der Waals surface area contributed by atoms with E-state index in [0.717, 1.165) is 11.1 Å². The van der Waals surface area contributed by atoms with Crippen LogP contribution < -0.4 is 10.1 Å². The quantitative estimate of drug-likeness (QED) is 0.451. The maximum Gasteiger partial charge on any atom is 0.262 e. The van der Waals surface area contributed by atoms with E-state index in [2.05, 4.69) is 10.4 Å². The summed E-state index contributed by atoms with van der Waals surface area (Å²) in [4.78, 5) is 12.9. The van der Waals surface area contributed by atoms with Crippen LogP contribution in [0.2, 0.25) is 0 Å². The number of aromatic nitrogens is 2. The third-order valence-electron chi connectivity index (χ3n) is 4.81. The molecule has 4 aromatic rings. The number of anilines is 1. The standard InChI is InChI=1S/C25H22FN3O2/c1-18-12-13-21(14-23(18)26)27-24(30)22-16-29(15-19-8-4-2-5-9-19)28-25(22)31-17-20-10-6-3-7-11-20/h2-14,16H,15,17H2,1H3,(H,27,30). The van der Waals surface area contributed by atoms with Gasteiger partial charge < -0.3 is 10.1 Å². The van der Waals surface area contributed by atoms with E-state index in [1.807, 2.05) is 60.7 Å². The molecule has 1 amide bonds. The highest BCUT2D eigenvalue weighted by molar-refractivity contribution is 6.05. The van der Waals surface area contributed by atoms with Crippen molar-refractivity contribution in [3.8, 4) is 5.88 Å². The Kier molecular flexibility index (Phi) is 6.08. The van der Waals surface area contributed by atoms with Crippen molar-refractivity contribution in [1.29, 1.82) is 0 Å². The molecule has 0 fully saturated rings. The van der Waals surface area contributed by atoms with Gasteiger partial charge in [-0.1, -0.05) is 66.7 Å². The summed E-state index contributed by atoms with van der Waals surface area (Å²) in [5.41, 5.74) is 3.19. The molecule has 0 atom stereocenters. The highest BCUT2D eigenvalue weighted by atomic mass is 19.1. The summed E-state index contributed by atoms with van der Waals surface area (Å²) in [5.74, 6) is -0.561. The van der Waals surface area contributed by atoms with Gasteiger partial charge in [0.25, 0.3) is 5.91 Å². The summed E-state index contributed by atoms with van der Waals surface area (Å²) < 4.78 is 21.4. The van der Waals surface area contributed by atoms with E-state index < -0.39 is 5.91 Å². The Labute approximate surface area is 180 Å². The van der Waals surface area contributed by atoms with Crippen LogP contribution >= 0.6 is 0 Å². The molecule has 4 rings (SSSR count). The smallest absolute Gasteiger partial charge is 0.262 e. The number of rotatable bonds is 7. The minimum Gasteiger partial charge on any atom is -0.471 e. The maximum atomic E-state index is 13.9. The van der Waals surface area contributed by atoms with Crippen LogP contribution in [-0.4, -0.2) is 15.7 Å². The van der Waals surface area contributed by atoms with Crippen LogP contribution in [0.25, 0.3) is 0 Å². The Hall–Kier alpha value is -3.93. The first-order valence-corrected chi connectivity index (χ1v) is 9.94. The van der Waals surface area contributed by atoms with Gasteiger partial charge in [-0.05, 0) is 35.7 Å². The van der Waals surface area contributed by atoms with Gasteiger partial charge in [0.15, 0.2) is 0 Å². The summed E-state index contributed by atoms with van der Waals surface area (Å²) >= 11 is 0. The minimum atomic E-state index is -0.411. The molecule has 0 aliphatic heterocycles. The van der Waals surface area contributed by atoms with Crippen LogP contribution in [0, 0.1) is 12.7 Å². The number of nitrogens with one attached hydrogen (secondary N) is 1. The Balaban J connectivity index is 1.58. The van der Waals surface area contributed by atoms with Crippen LogP contribution in [0.5, 0.6) is 5.88 Å². The molecule has 0 spiro atoms. The number of hydrogen-bond donors (Lipinski definition) is 1. The first kappa shape index (κ1) is 20.3. The van der Waals surface area contributed by atoms with E-state index in [4.69, 9.17) is 4.74 Å². The predicted molar refractivity (Wildman–Crippen MR) is 118 cm³/mol. The summed E-state index contributed by atoms with van der Waals surface area (Å²) in [5, 5.41) is 7.20. The van der Waals surface area contributed by atoms with Gasteiger partial charge in [-0.25, -0.2) is 4.39 Å². The number of ether oxygens (including phenoxy) is 1. The number of benzene rings is 3. The van der Waals surface area contributed by atoms with Crippen LogP contribution in [0.1, 0.15) is 27.0 Å². The topological polar surface area (TPSA) is 56.2 Å². The minimum absolute atomic E-state index is 0.227. The van der Waals surface area contributed by atoms with Gasteiger partial charge >= 0.3 is 0 Å². The lowest BCUT2D eigenvalue weighted by Crippen LogP contribution is -2.13. The van der Waals surface area contributed by atoms with Gasteiger partial charge in [0, 0.05) is 11.9 Å². The fraction of sp³-hybridized carbons (Fsp3) is 0.120. The lowest BCUT2D eigenvalue weighted by atomic mass is 10.2. The lowest BCUT2D eigenvalue weighted by Gasteiger charge is -2.08. The fourth-order valence-corrected chi connectivity index (χ4v) is 3.11. The van der Waals surface area contributed by atoms with E-state index in [9.17, 15) is 9.18 Å². The monoisotopic (exact) mass is 415 g/mol. The molecule has 31 heavy (non-hydrogen) atoms.